The lowest BCUT2D eigenvalue weighted by Crippen LogP contribution is -2.12. The zero-order chi connectivity index (χ0) is 12.3. The lowest BCUT2D eigenvalue weighted by molar-refractivity contribution is -0.137. The van der Waals surface area contributed by atoms with Crippen molar-refractivity contribution in [2.45, 2.75) is 25.8 Å². The fourth-order valence-corrected chi connectivity index (χ4v) is 1.78. The molecule has 0 fully saturated rings. The van der Waals surface area contributed by atoms with E-state index in [1.807, 2.05) is 0 Å². The van der Waals surface area contributed by atoms with Crippen molar-refractivity contribution in [1.82, 2.24) is 0 Å². The molecule has 0 radical (unpaired) electrons. The molecule has 3 nitrogen and oxygen atoms in total. The van der Waals surface area contributed by atoms with Gasteiger partial charge in [0.2, 0.25) is 0 Å². The summed E-state index contributed by atoms with van der Waals surface area (Å²) in [4.78, 5) is 10.4. The number of benzene rings is 1. The molecule has 0 heterocycles. The maximum Gasteiger partial charge on any atom is 0.303 e. The summed E-state index contributed by atoms with van der Waals surface area (Å²) in [6.45, 7) is 1.66. The van der Waals surface area contributed by atoms with Gasteiger partial charge in [-0.15, -0.1) is 0 Å². The molecular formula is C11H13BrFNO2. The van der Waals surface area contributed by atoms with Gasteiger partial charge in [0, 0.05) is 16.9 Å². The second-order valence-electron chi connectivity index (χ2n) is 3.65. The van der Waals surface area contributed by atoms with Crippen LogP contribution in [0.25, 0.3) is 0 Å². The van der Waals surface area contributed by atoms with Crippen molar-refractivity contribution in [1.29, 1.82) is 0 Å². The Morgan fingerprint density at radius 1 is 1.62 bits per heavy atom. The number of hydrogen-bond acceptors (Lipinski definition) is 2. The van der Waals surface area contributed by atoms with Crippen LogP contribution >= 0.6 is 15.9 Å². The maximum atomic E-state index is 13.4. The molecule has 1 unspecified atom stereocenters. The molecule has 1 aromatic rings. The van der Waals surface area contributed by atoms with Crippen molar-refractivity contribution >= 4 is 21.9 Å². The van der Waals surface area contributed by atoms with E-state index < -0.39 is 12.0 Å². The standard InChI is InChI=1S/C11H13BrFNO2/c1-6-8(12)4-7(5-9(6)13)10(14)2-3-11(15)16/h4-5,10H,2-3,14H2,1H3,(H,15,16). The summed E-state index contributed by atoms with van der Waals surface area (Å²) < 4.78 is 14.0. The second kappa shape index (κ2) is 5.41. The molecular weight excluding hydrogens is 277 g/mol. The van der Waals surface area contributed by atoms with Gasteiger partial charge in [0.1, 0.15) is 5.82 Å². The van der Waals surface area contributed by atoms with Gasteiger partial charge >= 0.3 is 5.97 Å². The molecule has 5 heteroatoms. The van der Waals surface area contributed by atoms with Crippen LogP contribution in [0.3, 0.4) is 0 Å². The highest BCUT2D eigenvalue weighted by atomic mass is 79.9. The van der Waals surface area contributed by atoms with Gasteiger partial charge in [-0.1, -0.05) is 15.9 Å². The van der Waals surface area contributed by atoms with Gasteiger partial charge in [-0.3, -0.25) is 4.79 Å². The van der Waals surface area contributed by atoms with Crippen molar-refractivity contribution in [3.63, 3.8) is 0 Å². The largest absolute Gasteiger partial charge is 0.481 e. The highest BCUT2D eigenvalue weighted by Crippen LogP contribution is 2.25. The molecule has 88 valence electrons. The summed E-state index contributed by atoms with van der Waals surface area (Å²) in [6, 6.07) is 2.62. The average molecular weight is 290 g/mol. The van der Waals surface area contributed by atoms with Crippen LogP contribution in [0, 0.1) is 12.7 Å². The molecule has 3 N–H and O–H groups in total. The molecule has 1 rings (SSSR count). The molecule has 0 amide bonds. The van der Waals surface area contributed by atoms with Crippen molar-refractivity contribution < 1.29 is 14.3 Å². The molecule has 0 aliphatic rings. The lowest BCUT2D eigenvalue weighted by Gasteiger charge is -2.12. The number of hydrogen-bond donors (Lipinski definition) is 2. The first-order valence-corrected chi connectivity index (χ1v) is 5.64. The minimum atomic E-state index is -0.901. The number of carbonyl (C=O) groups is 1. The molecule has 0 aromatic heterocycles. The quantitative estimate of drug-likeness (QED) is 0.896. The second-order valence-corrected chi connectivity index (χ2v) is 4.50. The molecule has 0 aliphatic heterocycles. The minimum Gasteiger partial charge on any atom is -0.481 e. The molecule has 1 aromatic carbocycles. The zero-order valence-corrected chi connectivity index (χ0v) is 10.4. The van der Waals surface area contributed by atoms with E-state index in [1.165, 1.54) is 6.07 Å². The van der Waals surface area contributed by atoms with Crippen molar-refractivity contribution in [3.05, 3.63) is 33.5 Å². The Balaban J connectivity index is 2.84. The van der Waals surface area contributed by atoms with Gasteiger partial charge in [-0.2, -0.15) is 0 Å². The van der Waals surface area contributed by atoms with Gasteiger partial charge in [0.05, 0.1) is 0 Å². The number of halogens is 2. The van der Waals surface area contributed by atoms with Crippen molar-refractivity contribution in [2.24, 2.45) is 5.73 Å². The number of carboxylic acid groups (broad SMARTS) is 1. The highest BCUT2D eigenvalue weighted by Gasteiger charge is 2.12. The average Bonchev–Trinajstić information content (AvgIpc) is 2.21. The third-order valence-electron chi connectivity index (χ3n) is 2.40. The van der Waals surface area contributed by atoms with Crippen LogP contribution in [0.15, 0.2) is 16.6 Å². The fraction of sp³-hybridized carbons (Fsp3) is 0.364. The molecule has 16 heavy (non-hydrogen) atoms. The van der Waals surface area contributed by atoms with E-state index in [-0.39, 0.29) is 12.2 Å². The maximum absolute atomic E-state index is 13.4. The monoisotopic (exact) mass is 289 g/mol. The van der Waals surface area contributed by atoms with Crippen molar-refractivity contribution in [3.8, 4) is 0 Å². The van der Waals surface area contributed by atoms with Gasteiger partial charge < -0.3 is 10.8 Å². The first-order valence-electron chi connectivity index (χ1n) is 4.84. The van der Waals surface area contributed by atoms with Crippen LogP contribution in [-0.2, 0) is 4.79 Å². The van der Waals surface area contributed by atoms with E-state index in [0.717, 1.165) is 0 Å². The first-order chi connectivity index (χ1) is 7.41. The fourth-order valence-electron chi connectivity index (χ4n) is 1.32. The number of nitrogens with two attached hydrogens (primary N) is 1. The van der Waals surface area contributed by atoms with Gasteiger partial charge in [-0.25, -0.2) is 4.39 Å². The predicted octanol–water partition coefficient (Wildman–Crippen LogP) is 2.76. The third kappa shape index (κ3) is 3.28. The van der Waals surface area contributed by atoms with Crippen LogP contribution in [0.4, 0.5) is 4.39 Å². The van der Waals surface area contributed by atoms with Gasteiger partial charge in [0.15, 0.2) is 0 Å². The van der Waals surface area contributed by atoms with E-state index in [1.54, 1.807) is 13.0 Å². The highest BCUT2D eigenvalue weighted by molar-refractivity contribution is 9.10. The van der Waals surface area contributed by atoms with E-state index in [2.05, 4.69) is 15.9 Å². The van der Waals surface area contributed by atoms with Crippen LogP contribution in [0.2, 0.25) is 0 Å². The Kier molecular flexibility index (Phi) is 4.44. The molecule has 0 saturated heterocycles. The minimum absolute atomic E-state index is 0.0196. The third-order valence-corrected chi connectivity index (χ3v) is 3.22. The Bertz CT molecular complexity index is 386. The van der Waals surface area contributed by atoms with E-state index in [0.29, 0.717) is 22.0 Å². The molecule has 0 bridgehead atoms. The Labute approximate surface area is 102 Å². The summed E-state index contributed by atoms with van der Waals surface area (Å²) in [5, 5.41) is 8.52. The predicted molar refractivity (Wildman–Crippen MR) is 62.6 cm³/mol. The summed E-state index contributed by atoms with van der Waals surface area (Å²) in [7, 11) is 0. The topological polar surface area (TPSA) is 63.3 Å². The Hall–Kier alpha value is -0.940. The van der Waals surface area contributed by atoms with E-state index in [9.17, 15) is 9.18 Å². The molecule has 0 saturated carbocycles. The molecule has 0 aliphatic carbocycles. The Morgan fingerprint density at radius 3 is 2.75 bits per heavy atom. The number of rotatable bonds is 4. The van der Waals surface area contributed by atoms with Crippen LogP contribution < -0.4 is 5.73 Å². The Morgan fingerprint density at radius 2 is 2.25 bits per heavy atom. The summed E-state index contributed by atoms with van der Waals surface area (Å²) in [6.07, 6.45) is 0.276. The number of aliphatic carboxylic acids is 1. The summed E-state index contributed by atoms with van der Waals surface area (Å²) >= 11 is 3.23. The molecule has 0 spiro atoms. The molecule has 1 atom stereocenters. The van der Waals surface area contributed by atoms with Crippen LogP contribution in [-0.4, -0.2) is 11.1 Å². The van der Waals surface area contributed by atoms with Gasteiger partial charge in [0.25, 0.3) is 0 Å². The van der Waals surface area contributed by atoms with Gasteiger partial charge in [-0.05, 0) is 36.6 Å². The summed E-state index contributed by atoms with van der Waals surface area (Å²) in [5.74, 6) is -1.24. The lowest BCUT2D eigenvalue weighted by atomic mass is 10.0. The van der Waals surface area contributed by atoms with Crippen LogP contribution in [0.1, 0.15) is 30.0 Å². The number of carboxylic acids is 1. The van der Waals surface area contributed by atoms with E-state index in [4.69, 9.17) is 10.8 Å². The normalized spacial score (nSPS) is 12.5. The summed E-state index contributed by atoms with van der Waals surface area (Å²) in [5.41, 5.74) is 6.91. The first kappa shape index (κ1) is 13.1. The van der Waals surface area contributed by atoms with E-state index >= 15 is 0 Å². The zero-order valence-electron chi connectivity index (χ0n) is 8.84. The SMILES string of the molecule is Cc1c(F)cc(C(N)CCC(=O)O)cc1Br. The van der Waals surface area contributed by atoms with Crippen LogP contribution in [0.5, 0.6) is 0 Å². The van der Waals surface area contributed by atoms with Crippen molar-refractivity contribution in [2.75, 3.05) is 0 Å². The smallest absolute Gasteiger partial charge is 0.303 e.